The average molecular weight is 444 g/mol. The first kappa shape index (κ1) is 22.1. The Hall–Kier alpha value is -4.13. The largest absolute Gasteiger partial charge is 0.480 e. The Balaban J connectivity index is 1.44. The summed E-state index contributed by atoms with van der Waals surface area (Å²) in [6.07, 6.45) is -0.528. The van der Waals surface area contributed by atoms with Gasteiger partial charge in [0.15, 0.2) is 0 Å². The molecule has 168 valence electrons. The van der Waals surface area contributed by atoms with Gasteiger partial charge in [0.25, 0.3) is 0 Å². The van der Waals surface area contributed by atoms with Crippen LogP contribution < -0.4 is 10.6 Å². The van der Waals surface area contributed by atoms with Gasteiger partial charge in [-0.1, -0.05) is 78.9 Å². The smallest absolute Gasteiger partial charge is 0.407 e. The number of carbonyl (C=O) groups is 3. The van der Waals surface area contributed by atoms with Crippen LogP contribution in [0.3, 0.4) is 0 Å². The van der Waals surface area contributed by atoms with Crippen molar-refractivity contribution >= 4 is 18.0 Å². The highest BCUT2D eigenvalue weighted by Crippen LogP contribution is 2.44. The van der Waals surface area contributed by atoms with Crippen molar-refractivity contribution in [3.8, 4) is 11.1 Å². The number of alkyl carbamates (subject to hydrolysis) is 1. The molecule has 7 heteroatoms. The SMILES string of the molecule is O=C(O)CNC(=O)[C@@H](Cc1ccccc1)NC(=O)OCC1c2ccccc2-c2ccccc21. The summed E-state index contributed by atoms with van der Waals surface area (Å²) < 4.78 is 5.54. The number of carboxylic acid groups (broad SMARTS) is 1. The zero-order chi connectivity index (χ0) is 23.2. The monoisotopic (exact) mass is 444 g/mol. The minimum absolute atomic E-state index is 0.100. The predicted octanol–water partition coefficient (Wildman–Crippen LogP) is 3.34. The standard InChI is InChI=1S/C26H24N2O5/c29-24(30)15-27-25(31)23(14-17-8-2-1-3-9-17)28-26(32)33-16-22-20-12-6-4-10-18(20)19-11-5-7-13-21(19)22/h1-13,22-23H,14-16H2,(H,27,31)(H,28,32)(H,29,30)/t23-/m1/s1. The second kappa shape index (κ2) is 9.99. The van der Waals surface area contributed by atoms with Gasteiger partial charge in [-0.2, -0.15) is 0 Å². The maximum atomic E-state index is 12.6. The summed E-state index contributed by atoms with van der Waals surface area (Å²) in [7, 11) is 0. The third-order valence-corrected chi connectivity index (χ3v) is 5.65. The normalized spacial score (nSPS) is 12.8. The van der Waals surface area contributed by atoms with Gasteiger partial charge in [0.1, 0.15) is 19.2 Å². The fourth-order valence-electron chi connectivity index (χ4n) is 4.13. The van der Waals surface area contributed by atoms with Crippen molar-refractivity contribution in [2.75, 3.05) is 13.2 Å². The lowest BCUT2D eigenvalue weighted by molar-refractivity contribution is -0.138. The van der Waals surface area contributed by atoms with E-state index in [0.29, 0.717) is 0 Å². The van der Waals surface area contributed by atoms with Crippen LogP contribution in [0, 0.1) is 0 Å². The molecular weight excluding hydrogens is 420 g/mol. The Morgan fingerprint density at radius 3 is 2.03 bits per heavy atom. The molecule has 3 aromatic rings. The Morgan fingerprint density at radius 2 is 1.42 bits per heavy atom. The number of hydrogen-bond acceptors (Lipinski definition) is 4. The number of hydrogen-bond donors (Lipinski definition) is 3. The van der Waals surface area contributed by atoms with E-state index in [0.717, 1.165) is 27.8 Å². The van der Waals surface area contributed by atoms with E-state index in [1.807, 2.05) is 66.7 Å². The molecule has 33 heavy (non-hydrogen) atoms. The molecule has 1 aliphatic carbocycles. The number of fused-ring (bicyclic) bond motifs is 3. The molecule has 1 aliphatic rings. The van der Waals surface area contributed by atoms with Gasteiger partial charge >= 0.3 is 12.1 Å². The molecule has 3 N–H and O–H groups in total. The fourth-order valence-corrected chi connectivity index (χ4v) is 4.13. The number of aliphatic carboxylic acids is 1. The van der Waals surface area contributed by atoms with E-state index in [9.17, 15) is 14.4 Å². The summed E-state index contributed by atoms with van der Waals surface area (Å²) in [5.74, 6) is -1.85. The molecule has 0 unspecified atom stereocenters. The fraction of sp³-hybridized carbons (Fsp3) is 0.192. The van der Waals surface area contributed by atoms with Gasteiger partial charge in [-0.15, -0.1) is 0 Å². The van der Waals surface area contributed by atoms with Crippen LogP contribution in [0.4, 0.5) is 4.79 Å². The molecule has 4 rings (SSSR count). The van der Waals surface area contributed by atoms with Crippen LogP contribution in [0.5, 0.6) is 0 Å². The summed E-state index contributed by atoms with van der Waals surface area (Å²) in [5, 5.41) is 13.8. The van der Waals surface area contributed by atoms with Crippen LogP contribution >= 0.6 is 0 Å². The number of carboxylic acids is 1. The molecule has 0 saturated heterocycles. The first-order chi connectivity index (χ1) is 16.0. The van der Waals surface area contributed by atoms with Crippen LogP contribution in [0.15, 0.2) is 78.9 Å². The first-order valence-electron chi connectivity index (χ1n) is 10.7. The molecule has 0 aromatic heterocycles. The molecular formula is C26H24N2O5. The highest BCUT2D eigenvalue weighted by Gasteiger charge is 2.30. The maximum Gasteiger partial charge on any atom is 0.407 e. The van der Waals surface area contributed by atoms with Crippen molar-refractivity contribution in [3.05, 3.63) is 95.6 Å². The molecule has 7 nitrogen and oxygen atoms in total. The highest BCUT2D eigenvalue weighted by molar-refractivity contribution is 5.88. The van der Waals surface area contributed by atoms with E-state index in [4.69, 9.17) is 9.84 Å². The van der Waals surface area contributed by atoms with E-state index < -0.39 is 30.6 Å². The van der Waals surface area contributed by atoms with Gasteiger partial charge in [0.05, 0.1) is 0 Å². The van der Waals surface area contributed by atoms with E-state index in [1.165, 1.54) is 0 Å². The third kappa shape index (κ3) is 5.20. The lowest BCUT2D eigenvalue weighted by atomic mass is 9.98. The molecule has 0 saturated carbocycles. The van der Waals surface area contributed by atoms with Gasteiger partial charge in [0.2, 0.25) is 5.91 Å². The maximum absolute atomic E-state index is 12.6. The van der Waals surface area contributed by atoms with E-state index in [-0.39, 0.29) is 18.9 Å². The van der Waals surface area contributed by atoms with Crippen LogP contribution in [-0.2, 0) is 20.7 Å². The predicted molar refractivity (Wildman–Crippen MR) is 123 cm³/mol. The number of ether oxygens (including phenoxy) is 1. The van der Waals surface area contributed by atoms with Crippen LogP contribution in [-0.4, -0.2) is 42.3 Å². The van der Waals surface area contributed by atoms with Crippen molar-refractivity contribution in [2.24, 2.45) is 0 Å². The zero-order valence-electron chi connectivity index (χ0n) is 17.9. The Kier molecular flexibility index (Phi) is 6.69. The highest BCUT2D eigenvalue weighted by atomic mass is 16.5. The molecule has 0 fully saturated rings. The number of benzene rings is 3. The molecule has 0 spiro atoms. The second-order valence-electron chi connectivity index (χ2n) is 7.82. The number of nitrogens with one attached hydrogen (secondary N) is 2. The molecule has 0 bridgehead atoms. The molecule has 3 aromatic carbocycles. The molecule has 0 aliphatic heterocycles. The third-order valence-electron chi connectivity index (χ3n) is 5.65. The van der Waals surface area contributed by atoms with E-state index in [1.54, 1.807) is 0 Å². The quantitative estimate of drug-likeness (QED) is 0.494. The van der Waals surface area contributed by atoms with Gasteiger partial charge < -0.3 is 20.5 Å². The number of amides is 2. The van der Waals surface area contributed by atoms with Crippen molar-refractivity contribution in [2.45, 2.75) is 18.4 Å². The summed E-state index contributed by atoms with van der Waals surface area (Å²) in [5.41, 5.74) is 5.25. The zero-order valence-corrected chi connectivity index (χ0v) is 17.9. The Labute approximate surface area is 191 Å². The Morgan fingerprint density at radius 1 is 0.848 bits per heavy atom. The van der Waals surface area contributed by atoms with Crippen LogP contribution in [0.2, 0.25) is 0 Å². The number of rotatable bonds is 8. The summed E-state index contributed by atoms with van der Waals surface area (Å²) in [6.45, 7) is -0.412. The van der Waals surface area contributed by atoms with Gasteiger partial charge in [-0.25, -0.2) is 4.79 Å². The summed E-state index contributed by atoms with van der Waals surface area (Å²) in [6, 6.07) is 24.2. The van der Waals surface area contributed by atoms with Crippen LogP contribution in [0.1, 0.15) is 22.6 Å². The lowest BCUT2D eigenvalue weighted by Gasteiger charge is -2.19. The van der Waals surface area contributed by atoms with Gasteiger partial charge in [-0.05, 0) is 27.8 Å². The lowest BCUT2D eigenvalue weighted by Crippen LogP contribution is -2.49. The summed E-state index contributed by atoms with van der Waals surface area (Å²) >= 11 is 0. The molecule has 2 amide bonds. The second-order valence-corrected chi connectivity index (χ2v) is 7.82. The topological polar surface area (TPSA) is 105 Å². The minimum Gasteiger partial charge on any atom is -0.480 e. The molecule has 0 heterocycles. The van der Waals surface area contributed by atoms with Crippen molar-refractivity contribution in [1.29, 1.82) is 0 Å². The van der Waals surface area contributed by atoms with Crippen molar-refractivity contribution in [1.82, 2.24) is 10.6 Å². The van der Waals surface area contributed by atoms with Crippen molar-refractivity contribution in [3.63, 3.8) is 0 Å². The van der Waals surface area contributed by atoms with E-state index in [2.05, 4.69) is 22.8 Å². The minimum atomic E-state index is -1.16. The van der Waals surface area contributed by atoms with E-state index >= 15 is 0 Å². The van der Waals surface area contributed by atoms with Crippen molar-refractivity contribution < 1.29 is 24.2 Å². The molecule has 1 atom stereocenters. The number of carbonyl (C=O) groups excluding carboxylic acids is 2. The Bertz CT molecular complexity index is 1120. The van der Waals surface area contributed by atoms with Crippen LogP contribution in [0.25, 0.3) is 11.1 Å². The average Bonchev–Trinajstić information content (AvgIpc) is 3.15. The molecule has 0 radical (unpaired) electrons. The van der Waals surface area contributed by atoms with Gasteiger partial charge in [0, 0.05) is 12.3 Å². The van der Waals surface area contributed by atoms with Gasteiger partial charge in [-0.3, -0.25) is 9.59 Å². The summed E-state index contributed by atoms with van der Waals surface area (Å²) in [4.78, 5) is 36.0. The first-order valence-corrected chi connectivity index (χ1v) is 10.7.